The normalized spacial score (nSPS) is 13.2. The number of hydrogen-bond acceptors (Lipinski definition) is 5. The highest BCUT2D eigenvalue weighted by Gasteiger charge is 2.23. The summed E-state index contributed by atoms with van der Waals surface area (Å²) < 4.78 is 10.6. The van der Waals surface area contributed by atoms with E-state index in [0.717, 1.165) is 11.3 Å². The minimum absolute atomic E-state index is 0.0112. The molecule has 1 atom stereocenters. The summed E-state index contributed by atoms with van der Waals surface area (Å²) in [5.41, 5.74) is 7.19. The van der Waals surface area contributed by atoms with Crippen LogP contribution in [0.5, 0.6) is 5.75 Å². The number of nitrogens with zero attached hydrogens (tertiary/aromatic N) is 2. The Balaban J connectivity index is 2.07. The Kier molecular flexibility index (Phi) is 4.63. The van der Waals surface area contributed by atoms with Gasteiger partial charge in [-0.1, -0.05) is 44.1 Å². The molecule has 0 aliphatic rings. The van der Waals surface area contributed by atoms with E-state index in [4.69, 9.17) is 15.0 Å². The molecule has 1 aromatic carbocycles. The average molecular weight is 289 g/mol. The number of ether oxygens (including phenoxy) is 1. The molecule has 0 saturated carbocycles. The van der Waals surface area contributed by atoms with Crippen LogP contribution in [0.15, 0.2) is 28.8 Å². The topological polar surface area (TPSA) is 74.2 Å². The van der Waals surface area contributed by atoms with Gasteiger partial charge >= 0.3 is 0 Å². The molecular formula is C16H23N3O2. The van der Waals surface area contributed by atoms with E-state index < -0.39 is 0 Å². The van der Waals surface area contributed by atoms with Gasteiger partial charge in [0.1, 0.15) is 5.75 Å². The summed E-state index contributed by atoms with van der Waals surface area (Å²) in [6.07, 6.45) is 1.17. The molecule has 2 aromatic rings. The average Bonchev–Trinajstić information content (AvgIpc) is 2.85. The van der Waals surface area contributed by atoms with E-state index >= 15 is 0 Å². The molecule has 0 fully saturated rings. The molecule has 1 unspecified atom stereocenters. The van der Waals surface area contributed by atoms with Crippen molar-refractivity contribution in [2.24, 2.45) is 11.1 Å². The van der Waals surface area contributed by atoms with E-state index in [1.165, 1.54) is 0 Å². The lowest BCUT2D eigenvalue weighted by Crippen LogP contribution is -2.37. The molecule has 0 radical (unpaired) electrons. The van der Waals surface area contributed by atoms with Crippen LogP contribution in [0.25, 0.3) is 0 Å². The molecule has 0 spiro atoms. The SMILES string of the molecule is COc1ccccc1Cc1noc(CC(N)C(C)(C)C)n1. The highest BCUT2D eigenvalue weighted by Crippen LogP contribution is 2.22. The maximum atomic E-state index is 6.14. The molecule has 21 heavy (non-hydrogen) atoms. The zero-order chi connectivity index (χ0) is 15.5. The fourth-order valence-electron chi connectivity index (χ4n) is 1.96. The highest BCUT2D eigenvalue weighted by molar-refractivity contribution is 5.35. The van der Waals surface area contributed by atoms with E-state index in [9.17, 15) is 0 Å². The maximum Gasteiger partial charge on any atom is 0.228 e. The van der Waals surface area contributed by atoms with Gasteiger partial charge in [-0.05, 0) is 11.5 Å². The van der Waals surface area contributed by atoms with Crippen molar-refractivity contribution < 1.29 is 9.26 Å². The summed E-state index contributed by atoms with van der Waals surface area (Å²) >= 11 is 0. The van der Waals surface area contributed by atoms with Crippen molar-refractivity contribution in [1.82, 2.24) is 10.1 Å². The van der Waals surface area contributed by atoms with Gasteiger partial charge in [-0.15, -0.1) is 0 Å². The maximum absolute atomic E-state index is 6.14. The minimum Gasteiger partial charge on any atom is -0.496 e. The zero-order valence-corrected chi connectivity index (χ0v) is 13.1. The molecule has 1 aromatic heterocycles. The predicted molar refractivity (Wildman–Crippen MR) is 81.2 cm³/mol. The van der Waals surface area contributed by atoms with Crippen LogP contribution in [-0.4, -0.2) is 23.3 Å². The molecule has 114 valence electrons. The molecule has 2 N–H and O–H groups in total. The Morgan fingerprint density at radius 2 is 2.00 bits per heavy atom. The van der Waals surface area contributed by atoms with Gasteiger partial charge < -0.3 is 15.0 Å². The lowest BCUT2D eigenvalue weighted by atomic mass is 9.85. The Morgan fingerprint density at radius 1 is 1.29 bits per heavy atom. The van der Waals surface area contributed by atoms with Crippen LogP contribution in [0.4, 0.5) is 0 Å². The van der Waals surface area contributed by atoms with Crippen LogP contribution in [0.1, 0.15) is 38.0 Å². The molecule has 5 heteroatoms. The van der Waals surface area contributed by atoms with Crippen molar-refractivity contribution in [2.45, 2.75) is 39.7 Å². The summed E-state index contributed by atoms with van der Waals surface area (Å²) in [4.78, 5) is 4.42. The van der Waals surface area contributed by atoms with Gasteiger partial charge in [-0.25, -0.2) is 0 Å². The Hall–Kier alpha value is -1.88. The molecule has 0 aliphatic carbocycles. The number of aromatic nitrogens is 2. The van der Waals surface area contributed by atoms with E-state index in [-0.39, 0.29) is 11.5 Å². The Labute approximate surface area is 125 Å². The first-order valence-corrected chi connectivity index (χ1v) is 7.09. The third kappa shape index (κ3) is 4.04. The fourth-order valence-corrected chi connectivity index (χ4v) is 1.96. The van der Waals surface area contributed by atoms with Crippen LogP contribution < -0.4 is 10.5 Å². The molecule has 5 nitrogen and oxygen atoms in total. The number of hydrogen-bond donors (Lipinski definition) is 1. The summed E-state index contributed by atoms with van der Waals surface area (Å²) in [7, 11) is 1.66. The van der Waals surface area contributed by atoms with Gasteiger partial charge in [0.25, 0.3) is 0 Å². The van der Waals surface area contributed by atoms with Crippen LogP contribution in [-0.2, 0) is 12.8 Å². The Morgan fingerprint density at radius 3 is 2.67 bits per heavy atom. The standard InChI is InChI=1S/C16H23N3O2/c1-16(2,3)13(17)10-15-18-14(19-21-15)9-11-7-5-6-8-12(11)20-4/h5-8,13H,9-10,17H2,1-4H3. The quantitative estimate of drug-likeness (QED) is 0.915. The van der Waals surface area contributed by atoms with Crippen LogP contribution >= 0.6 is 0 Å². The predicted octanol–water partition coefficient (Wildman–Crippen LogP) is 2.58. The summed E-state index contributed by atoms with van der Waals surface area (Å²) in [5, 5.41) is 4.02. The second-order valence-corrected chi connectivity index (χ2v) is 6.27. The molecule has 2 rings (SSSR count). The van der Waals surface area contributed by atoms with Crippen molar-refractivity contribution in [3.8, 4) is 5.75 Å². The second-order valence-electron chi connectivity index (χ2n) is 6.27. The monoisotopic (exact) mass is 289 g/mol. The smallest absolute Gasteiger partial charge is 0.228 e. The van der Waals surface area contributed by atoms with E-state index in [0.29, 0.717) is 24.6 Å². The molecular weight excluding hydrogens is 266 g/mol. The molecule has 0 aliphatic heterocycles. The molecule has 1 heterocycles. The van der Waals surface area contributed by atoms with E-state index in [1.807, 2.05) is 24.3 Å². The van der Waals surface area contributed by atoms with Crippen LogP contribution in [0.2, 0.25) is 0 Å². The van der Waals surface area contributed by atoms with Crippen LogP contribution in [0, 0.1) is 5.41 Å². The highest BCUT2D eigenvalue weighted by atomic mass is 16.5. The summed E-state index contributed by atoms with van der Waals surface area (Å²) in [6.45, 7) is 6.30. The Bertz CT molecular complexity index is 587. The van der Waals surface area contributed by atoms with Gasteiger partial charge in [0.2, 0.25) is 5.89 Å². The van der Waals surface area contributed by atoms with Crippen molar-refractivity contribution in [1.29, 1.82) is 0 Å². The van der Waals surface area contributed by atoms with Gasteiger partial charge in [0.15, 0.2) is 5.82 Å². The lowest BCUT2D eigenvalue weighted by molar-refractivity contribution is 0.285. The lowest BCUT2D eigenvalue weighted by Gasteiger charge is -2.25. The number of methoxy groups -OCH3 is 1. The zero-order valence-electron chi connectivity index (χ0n) is 13.1. The largest absolute Gasteiger partial charge is 0.496 e. The second kappa shape index (κ2) is 6.26. The summed E-state index contributed by atoms with van der Waals surface area (Å²) in [5.74, 6) is 2.06. The van der Waals surface area contributed by atoms with Gasteiger partial charge in [0.05, 0.1) is 7.11 Å². The molecule has 0 amide bonds. The minimum atomic E-state index is -0.0166. The van der Waals surface area contributed by atoms with Crippen molar-refractivity contribution in [3.05, 3.63) is 41.5 Å². The van der Waals surface area contributed by atoms with Gasteiger partial charge in [-0.2, -0.15) is 4.98 Å². The van der Waals surface area contributed by atoms with Crippen molar-refractivity contribution in [2.75, 3.05) is 7.11 Å². The van der Waals surface area contributed by atoms with Crippen molar-refractivity contribution in [3.63, 3.8) is 0 Å². The van der Waals surface area contributed by atoms with Gasteiger partial charge in [0, 0.05) is 24.4 Å². The number of benzene rings is 1. The number of para-hydroxylation sites is 1. The van der Waals surface area contributed by atoms with Gasteiger partial charge in [-0.3, -0.25) is 0 Å². The first-order chi connectivity index (χ1) is 9.90. The fraction of sp³-hybridized carbons (Fsp3) is 0.500. The van der Waals surface area contributed by atoms with E-state index in [2.05, 4.69) is 30.9 Å². The first kappa shape index (κ1) is 15.5. The van der Waals surface area contributed by atoms with E-state index in [1.54, 1.807) is 7.11 Å². The third-order valence-electron chi connectivity index (χ3n) is 3.56. The first-order valence-electron chi connectivity index (χ1n) is 7.09. The number of nitrogens with two attached hydrogens (primary N) is 1. The third-order valence-corrected chi connectivity index (χ3v) is 3.56. The van der Waals surface area contributed by atoms with Crippen molar-refractivity contribution >= 4 is 0 Å². The van der Waals surface area contributed by atoms with Crippen LogP contribution in [0.3, 0.4) is 0 Å². The molecule has 0 saturated heterocycles. The number of rotatable bonds is 5. The molecule has 0 bridgehead atoms. The summed E-state index contributed by atoms with van der Waals surface area (Å²) in [6, 6.07) is 7.81.